The van der Waals surface area contributed by atoms with Crippen LogP contribution in [-0.4, -0.2) is 9.91 Å². The van der Waals surface area contributed by atoms with E-state index in [9.17, 15) is 18.9 Å². The van der Waals surface area contributed by atoms with Gasteiger partial charge in [-0.05, 0) is 22.6 Å². The summed E-state index contributed by atoms with van der Waals surface area (Å²) >= 11 is 4.55. The Morgan fingerprint density at radius 1 is 1.67 bits per heavy atom. The van der Waals surface area contributed by atoms with Gasteiger partial charge in [0.15, 0.2) is 0 Å². The summed E-state index contributed by atoms with van der Waals surface area (Å²) in [6, 6.07) is 0. The van der Waals surface area contributed by atoms with E-state index in [-0.39, 0.29) is 20.3 Å². The average molecular weight is 393 g/mol. The maximum atomic E-state index is 12.4. The number of rotatable bonds is 3. The molecule has 0 aromatic carbocycles. The van der Waals surface area contributed by atoms with Gasteiger partial charge in [-0.15, -0.1) is 0 Å². The number of nitrogens with zero attached hydrogens (tertiary/aromatic N) is 2. The van der Waals surface area contributed by atoms with Crippen molar-refractivity contribution >= 4 is 44.2 Å². The zero-order valence-electron chi connectivity index (χ0n) is 7.08. The van der Waals surface area contributed by atoms with Gasteiger partial charge in [0.05, 0.1) is 15.8 Å². The summed E-state index contributed by atoms with van der Waals surface area (Å²) in [6.07, 6.45) is -1.79. The standard InChI is InChI=1S/C7H4BrF2IN2O2/c8-1-4-6(13(14)15)5(11)3(2-12-4)7(9)10/h2,7H,1H2. The molecule has 0 unspecified atom stereocenters. The van der Waals surface area contributed by atoms with Crippen molar-refractivity contribution in [2.45, 2.75) is 11.8 Å². The smallest absolute Gasteiger partial charge is 0.258 e. The SMILES string of the molecule is O=[N+]([O-])c1c(CBr)ncc(C(F)F)c1I. The first-order valence-corrected chi connectivity index (χ1v) is 5.84. The topological polar surface area (TPSA) is 56.0 Å². The van der Waals surface area contributed by atoms with E-state index in [2.05, 4.69) is 20.9 Å². The van der Waals surface area contributed by atoms with E-state index in [1.54, 1.807) is 0 Å². The lowest BCUT2D eigenvalue weighted by molar-refractivity contribution is -0.386. The van der Waals surface area contributed by atoms with Crippen LogP contribution in [0.4, 0.5) is 14.5 Å². The van der Waals surface area contributed by atoms with Gasteiger partial charge in [0.25, 0.3) is 6.43 Å². The first-order valence-electron chi connectivity index (χ1n) is 3.64. The van der Waals surface area contributed by atoms with E-state index < -0.39 is 16.9 Å². The molecule has 0 aliphatic carbocycles. The molecule has 0 aliphatic heterocycles. The first-order chi connectivity index (χ1) is 6.99. The zero-order chi connectivity index (χ0) is 11.6. The Morgan fingerprint density at radius 3 is 2.67 bits per heavy atom. The third kappa shape index (κ3) is 2.60. The maximum absolute atomic E-state index is 12.4. The summed E-state index contributed by atoms with van der Waals surface area (Å²) in [5.41, 5.74) is -0.619. The van der Waals surface area contributed by atoms with Crippen LogP contribution in [0.2, 0.25) is 0 Å². The van der Waals surface area contributed by atoms with Gasteiger partial charge < -0.3 is 0 Å². The Bertz CT molecular complexity index is 403. The maximum Gasteiger partial charge on any atom is 0.305 e. The molecule has 0 radical (unpaired) electrons. The fraction of sp³-hybridized carbons (Fsp3) is 0.286. The molecule has 8 heteroatoms. The minimum absolute atomic E-state index is 0.0583. The van der Waals surface area contributed by atoms with Gasteiger partial charge in [0, 0.05) is 6.20 Å². The van der Waals surface area contributed by atoms with Gasteiger partial charge in [-0.3, -0.25) is 15.1 Å². The van der Waals surface area contributed by atoms with Gasteiger partial charge >= 0.3 is 5.69 Å². The lowest BCUT2D eigenvalue weighted by Gasteiger charge is -2.05. The largest absolute Gasteiger partial charge is 0.305 e. The van der Waals surface area contributed by atoms with Crippen molar-refractivity contribution < 1.29 is 13.7 Å². The number of nitro groups is 1. The predicted octanol–water partition coefficient (Wildman–Crippen LogP) is 3.43. The van der Waals surface area contributed by atoms with Crippen LogP contribution in [0.1, 0.15) is 17.7 Å². The number of pyridine rings is 1. The molecular formula is C7H4BrF2IN2O2. The molecule has 0 saturated carbocycles. The summed E-state index contributed by atoms with van der Waals surface area (Å²) in [4.78, 5) is 13.6. The predicted molar refractivity (Wildman–Crippen MR) is 61.2 cm³/mol. The quantitative estimate of drug-likeness (QED) is 0.343. The molecule has 0 atom stereocenters. The molecule has 15 heavy (non-hydrogen) atoms. The van der Waals surface area contributed by atoms with Crippen LogP contribution in [0.3, 0.4) is 0 Å². The number of hydrogen-bond donors (Lipinski definition) is 0. The molecule has 0 N–H and O–H groups in total. The third-order valence-electron chi connectivity index (χ3n) is 1.64. The highest BCUT2D eigenvalue weighted by atomic mass is 127. The number of hydrogen-bond acceptors (Lipinski definition) is 3. The summed E-state index contributed by atoms with van der Waals surface area (Å²) in [7, 11) is 0. The summed E-state index contributed by atoms with van der Waals surface area (Å²) in [6.45, 7) is 0. The monoisotopic (exact) mass is 392 g/mol. The molecule has 0 aliphatic rings. The van der Waals surface area contributed by atoms with Gasteiger partial charge in [-0.1, -0.05) is 15.9 Å². The minimum Gasteiger partial charge on any atom is -0.258 e. The van der Waals surface area contributed by atoms with Crippen molar-refractivity contribution in [2.75, 3.05) is 0 Å². The van der Waals surface area contributed by atoms with E-state index >= 15 is 0 Å². The third-order valence-corrected chi connectivity index (χ3v) is 3.30. The van der Waals surface area contributed by atoms with Gasteiger partial charge in [-0.2, -0.15) is 0 Å². The highest BCUT2D eigenvalue weighted by Gasteiger charge is 2.25. The van der Waals surface area contributed by atoms with Crippen LogP contribution >= 0.6 is 38.5 Å². The van der Waals surface area contributed by atoms with Gasteiger partial charge in [-0.25, -0.2) is 8.78 Å². The molecule has 1 aromatic rings. The first kappa shape index (κ1) is 12.7. The van der Waals surface area contributed by atoms with E-state index in [1.807, 2.05) is 0 Å². The Morgan fingerprint density at radius 2 is 2.27 bits per heavy atom. The fourth-order valence-electron chi connectivity index (χ4n) is 0.964. The molecular weight excluding hydrogens is 389 g/mol. The Balaban J connectivity index is 3.42. The minimum atomic E-state index is -2.76. The fourth-order valence-corrected chi connectivity index (χ4v) is 2.26. The van der Waals surface area contributed by atoms with Crippen LogP contribution in [0.5, 0.6) is 0 Å². The molecule has 0 bridgehead atoms. The second-order valence-electron chi connectivity index (χ2n) is 2.51. The van der Waals surface area contributed by atoms with Crippen molar-refractivity contribution in [1.82, 2.24) is 4.98 Å². The highest BCUT2D eigenvalue weighted by Crippen LogP contribution is 2.33. The Kier molecular flexibility index (Phi) is 4.32. The second kappa shape index (κ2) is 5.10. The van der Waals surface area contributed by atoms with Crippen molar-refractivity contribution in [3.8, 4) is 0 Å². The van der Waals surface area contributed by atoms with Gasteiger partial charge in [0.1, 0.15) is 9.26 Å². The lowest BCUT2D eigenvalue weighted by atomic mass is 10.2. The Labute approximate surface area is 105 Å². The number of alkyl halides is 3. The van der Waals surface area contributed by atoms with E-state index in [1.165, 1.54) is 22.6 Å². The molecule has 0 amide bonds. The summed E-state index contributed by atoms with van der Waals surface area (Å²) < 4.78 is 24.8. The number of halogens is 4. The van der Waals surface area contributed by atoms with Crippen molar-refractivity contribution in [2.24, 2.45) is 0 Å². The van der Waals surface area contributed by atoms with Crippen LogP contribution in [0.25, 0.3) is 0 Å². The van der Waals surface area contributed by atoms with Crippen LogP contribution in [0.15, 0.2) is 6.20 Å². The zero-order valence-corrected chi connectivity index (χ0v) is 10.8. The Hall–Kier alpha value is -0.380. The molecule has 0 fully saturated rings. The van der Waals surface area contributed by atoms with Crippen molar-refractivity contribution in [3.63, 3.8) is 0 Å². The van der Waals surface area contributed by atoms with Crippen molar-refractivity contribution in [3.05, 3.63) is 31.1 Å². The van der Waals surface area contributed by atoms with Crippen LogP contribution in [0, 0.1) is 13.7 Å². The normalized spacial score (nSPS) is 10.7. The van der Waals surface area contributed by atoms with Crippen LogP contribution < -0.4 is 0 Å². The second-order valence-corrected chi connectivity index (χ2v) is 4.15. The molecule has 82 valence electrons. The van der Waals surface area contributed by atoms with E-state index in [0.717, 1.165) is 6.20 Å². The lowest BCUT2D eigenvalue weighted by Crippen LogP contribution is -2.03. The van der Waals surface area contributed by atoms with Crippen LogP contribution in [-0.2, 0) is 5.33 Å². The summed E-state index contributed by atoms with van der Waals surface area (Å²) in [5, 5.41) is 10.8. The van der Waals surface area contributed by atoms with E-state index in [4.69, 9.17) is 0 Å². The molecule has 0 saturated heterocycles. The molecule has 1 heterocycles. The van der Waals surface area contributed by atoms with Crippen molar-refractivity contribution in [1.29, 1.82) is 0 Å². The molecule has 0 spiro atoms. The average Bonchev–Trinajstić information content (AvgIpc) is 2.15. The highest BCUT2D eigenvalue weighted by molar-refractivity contribution is 14.1. The van der Waals surface area contributed by atoms with E-state index in [0.29, 0.717) is 0 Å². The molecule has 4 nitrogen and oxygen atoms in total. The summed E-state index contributed by atoms with van der Waals surface area (Å²) in [5.74, 6) is 0. The number of aromatic nitrogens is 1. The van der Waals surface area contributed by atoms with Gasteiger partial charge in [0.2, 0.25) is 0 Å². The molecule has 1 aromatic heterocycles. The molecule has 1 rings (SSSR count).